The van der Waals surface area contributed by atoms with Crippen LogP contribution in [0.25, 0.3) is 0 Å². The van der Waals surface area contributed by atoms with Gasteiger partial charge in [-0.2, -0.15) is 0 Å². The van der Waals surface area contributed by atoms with E-state index in [1.54, 1.807) is 0 Å². The van der Waals surface area contributed by atoms with E-state index in [-0.39, 0.29) is 0 Å². The van der Waals surface area contributed by atoms with Gasteiger partial charge in [0.2, 0.25) is 0 Å². The van der Waals surface area contributed by atoms with Crippen molar-refractivity contribution in [3.63, 3.8) is 0 Å². The molecule has 0 amide bonds. The van der Waals surface area contributed by atoms with E-state index in [0.717, 1.165) is 0 Å². The van der Waals surface area contributed by atoms with E-state index in [1.165, 1.54) is 0 Å². The first-order valence-electron chi connectivity index (χ1n) is 3.76. The van der Waals surface area contributed by atoms with Crippen LogP contribution in [0.1, 0.15) is 0 Å². The van der Waals surface area contributed by atoms with Gasteiger partial charge in [0.25, 0.3) is 0 Å². The molecule has 0 aliphatic heterocycles. The predicted octanol–water partition coefficient (Wildman–Crippen LogP) is -3.94. The summed E-state index contributed by atoms with van der Waals surface area (Å²) >= 11 is 0. The minimum Gasteiger partial charge on any atom is -0.387 e. The Bertz CT molecular complexity index is 163. The van der Waals surface area contributed by atoms with Crippen LogP contribution < -0.4 is 5.90 Å². The standard InChI is InChI=1S/C6H13NO6/c7-13-6-4(11)2(9)1(8)3(10)5(6)12/h1-6,8-12H,7H2/t1?,2-,3+,4-,5+,6?. The first-order chi connectivity index (χ1) is 6.00. The fraction of sp³-hybridized carbons (Fsp3) is 1.00. The second-order valence-corrected chi connectivity index (χ2v) is 3.05. The Labute approximate surface area is 73.9 Å². The Hall–Kier alpha value is -0.280. The van der Waals surface area contributed by atoms with Crippen LogP contribution in [0.3, 0.4) is 0 Å². The van der Waals surface area contributed by atoms with E-state index < -0.39 is 36.6 Å². The number of hydrogen-bond donors (Lipinski definition) is 6. The molecule has 1 rings (SSSR count). The molecule has 13 heavy (non-hydrogen) atoms. The highest BCUT2D eigenvalue weighted by molar-refractivity contribution is 4.98. The Morgan fingerprint density at radius 3 is 1.31 bits per heavy atom. The van der Waals surface area contributed by atoms with Gasteiger partial charge in [0.15, 0.2) is 0 Å². The van der Waals surface area contributed by atoms with E-state index in [1.807, 2.05) is 0 Å². The van der Waals surface area contributed by atoms with E-state index in [2.05, 4.69) is 4.84 Å². The van der Waals surface area contributed by atoms with E-state index >= 15 is 0 Å². The zero-order chi connectivity index (χ0) is 10.2. The lowest BCUT2D eigenvalue weighted by atomic mass is 9.85. The lowest BCUT2D eigenvalue weighted by molar-refractivity contribution is -0.236. The normalized spacial score (nSPS) is 52.2. The van der Waals surface area contributed by atoms with Crippen molar-refractivity contribution >= 4 is 0 Å². The summed E-state index contributed by atoms with van der Waals surface area (Å²) in [5.74, 6) is 4.73. The van der Waals surface area contributed by atoms with Crippen LogP contribution in [0.4, 0.5) is 0 Å². The molecule has 2 unspecified atom stereocenters. The molecule has 1 aliphatic carbocycles. The highest BCUT2D eigenvalue weighted by atomic mass is 16.6. The Balaban J connectivity index is 2.79. The Kier molecular flexibility index (Phi) is 3.19. The molecule has 1 fully saturated rings. The number of hydrogen-bond acceptors (Lipinski definition) is 7. The van der Waals surface area contributed by atoms with Crippen LogP contribution in [0.5, 0.6) is 0 Å². The van der Waals surface area contributed by atoms with Gasteiger partial charge in [-0.3, -0.25) is 4.84 Å². The van der Waals surface area contributed by atoms with Crippen LogP contribution in [0.2, 0.25) is 0 Å². The molecule has 0 aromatic heterocycles. The highest BCUT2D eigenvalue weighted by Crippen LogP contribution is 2.22. The van der Waals surface area contributed by atoms with Gasteiger partial charge in [-0.15, -0.1) is 0 Å². The number of rotatable bonds is 1. The lowest BCUT2D eigenvalue weighted by Crippen LogP contribution is -2.64. The van der Waals surface area contributed by atoms with E-state index in [9.17, 15) is 10.2 Å². The second-order valence-electron chi connectivity index (χ2n) is 3.05. The summed E-state index contributed by atoms with van der Waals surface area (Å²) < 4.78 is 0. The molecule has 0 aromatic rings. The quantitative estimate of drug-likeness (QED) is 0.235. The van der Waals surface area contributed by atoms with Gasteiger partial charge in [-0.25, -0.2) is 5.90 Å². The molecule has 0 spiro atoms. The fourth-order valence-electron chi connectivity index (χ4n) is 1.36. The molecule has 7 heteroatoms. The first-order valence-corrected chi connectivity index (χ1v) is 3.76. The molecule has 7 nitrogen and oxygen atoms in total. The first kappa shape index (κ1) is 10.8. The molecule has 1 saturated carbocycles. The molecule has 1 aliphatic rings. The van der Waals surface area contributed by atoms with Gasteiger partial charge in [-0.1, -0.05) is 0 Å². The van der Waals surface area contributed by atoms with Crippen molar-refractivity contribution in [1.29, 1.82) is 0 Å². The van der Waals surface area contributed by atoms with Crippen molar-refractivity contribution in [2.75, 3.05) is 0 Å². The van der Waals surface area contributed by atoms with Crippen molar-refractivity contribution in [3.05, 3.63) is 0 Å². The topological polar surface area (TPSA) is 136 Å². The van der Waals surface area contributed by atoms with Gasteiger partial charge in [-0.05, 0) is 0 Å². The molecule has 7 N–H and O–H groups in total. The third kappa shape index (κ3) is 1.67. The van der Waals surface area contributed by atoms with Crippen LogP contribution in [-0.4, -0.2) is 62.2 Å². The van der Waals surface area contributed by atoms with E-state index in [4.69, 9.17) is 21.2 Å². The van der Waals surface area contributed by atoms with Crippen molar-refractivity contribution in [1.82, 2.24) is 0 Å². The van der Waals surface area contributed by atoms with Crippen LogP contribution in [0, 0.1) is 0 Å². The van der Waals surface area contributed by atoms with Gasteiger partial charge in [0.1, 0.15) is 36.6 Å². The summed E-state index contributed by atoms with van der Waals surface area (Å²) in [5, 5.41) is 45.8. The van der Waals surface area contributed by atoms with Crippen LogP contribution >= 0.6 is 0 Å². The zero-order valence-electron chi connectivity index (χ0n) is 6.69. The minimum atomic E-state index is -1.61. The molecule has 0 saturated heterocycles. The summed E-state index contributed by atoms with van der Waals surface area (Å²) in [6.07, 6.45) is -9.17. The van der Waals surface area contributed by atoms with Crippen LogP contribution in [-0.2, 0) is 4.84 Å². The summed E-state index contributed by atoms with van der Waals surface area (Å²) in [6, 6.07) is 0. The maximum atomic E-state index is 9.21. The maximum absolute atomic E-state index is 9.21. The monoisotopic (exact) mass is 195 g/mol. The SMILES string of the molecule is NOC1[C@@H](O)[C@@H](O)C(O)[C@@H](O)[C@H]1O. The summed E-state index contributed by atoms with van der Waals surface area (Å²) in [6.45, 7) is 0. The molecule has 0 aromatic carbocycles. The van der Waals surface area contributed by atoms with Gasteiger partial charge >= 0.3 is 0 Å². The average Bonchev–Trinajstić information content (AvgIpc) is 2.13. The minimum absolute atomic E-state index is 1.31. The molecule has 6 atom stereocenters. The molecular weight excluding hydrogens is 182 g/mol. The molecule has 0 heterocycles. The highest BCUT2D eigenvalue weighted by Gasteiger charge is 2.48. The summed E-state index contributed by atoms with van der Waals surface area (Å²) in [7, 11) is 0. The summed E-state index contributed by atoms with van der Waals surface area (Å²) in [5.41, 5.74) is 0. The Morgan fingerprint density at radius 1 is 0.692 bits per heavy atom. The zero-order valence-corrected chi connectivity index (χ0v) is 6.69. The molecule has 78 valence electrons. The van der Waals surface area contributed by atoms with Crippen LogP contribution in [0.15, 0.2) is 0 Å². The third-order valence-electron chi connectivity index (χ3n) is 2.23. The lowest BCUT2D eigenvalue weighted by Gasteiger charge is -2.40. The third-order valence-corrected chi connectivity index (χ3v) is 2.23. The fourth-order valence-corrected chi connectivity index (χ4v) is 1.36. The number of aliphatic hydroxyl groups is 5. The van der Waals surface area contributed by atoms with Crippen molar-refractivity contribution in [2.45, 2.75) is 36.6 Å². The van der Waals surface area contributed by atoms with Crippen molar-refractivity contribution < 1.29 is 30.4 Å². The largest absolute Gasteiger partial charge is 0.387 e. The molecule has 0 radical (unpaired) electrons. The van der Waals surface area contributed by atoms with Gasteiger partial charge in [0, 0.05) is 0 Å². The van der Waals surface area contributed by atoms with Gasteiger partial charge < -0.3 is 25.5 Å². The smallest absolute Gasteiger partial charge is 0.136 e. The average molecular weight is 195 g/mol. The number of aliphatic hydroxyl groups excluding tert-OH is 5. The van der Waals surface area contributed by atoms with Crippen molar-refractivity contribution in [3.8, 4) is 0 Å². The molecule has 0 bridgehead atoms. The Morgan fingerprint density at radius 2 is 1.00 bits per heavy atom. The molecular formula is C6H13NO6. The van der Waals surface area contributed by atoms with E-state index in [0.29, 0.717) is 0 Å². The van der Waals surface area contributed by atoms with Gasteiger partial charge in [0.05, 0.1) is 0 Å². The second kappa shape index (κ2) is 3.84. The number of nitrogens with two attached hydrogens (primary N) is 1. The van der Waals surface area contributed by atoms with Crippen molar-refractivity contribution in [2.24, 2.45) is 5.90 Å². The maximum Gasteiger partial charge on any atom is 0.136 e. The summed E-state index contributed by atoms with van der Waals surface area (Å²) in [4.78, 5) is 4.17. The predicted molar refractivity (Wildman–Crippen MR) is 39.1 cm³/mol.